The van der Waals surface area contributed by atoms with Gasteiger partial charge in [-0.1, -0.05) is 78.9 Å². The van der Waals surface area contributed by atoms with Gasteiger partial charge >= 0.3 is 5.69 Å². The summed E-state index contributed by atoms with van der Waals surface area (Å²) in [5.41, 5.74) is 5.87. The van der Waals surface area contributed by atoms with Gasteiger partial charge in [-0.05, 0) is 41.3 Å². The van der Waals surface area contributed by atoms with Crippen molar-refractivity contribution in [1.82, 2.24) is 39.0 Å². The molecule has 0 atom stereocenters. The van der Waals surface area contributed by atoms with Crippen molar-refractivity contribution in [1.29, 1.82) is 0 Å². The van der Waals surface area contributed by atoms with Crippen LogP contribution in [0.4, 0.5) is 0 Å². The number of fused-ring (bicyclic) bond motifs is 2. The highest BCUT2D eigenvalue weighted by molar-refractivity contribution is 5.99. The van der Waals surface area contributed by atoms with Crippen LogP contribution in [0.25, 0.3) is 38.9 Å². The van der Waals surface area contributed by atoms with E-state index in [1.807, 2.05) is 67.7 Å². The van der Waals surface area contributed by atoms with E-state index in [4.69, 9.17) is 0 Å². The number of aromatic nitrogens is 7. The summed E-state index contributed by atoms with van der Waals surface area (Å²) in [6.45, 7) is 2.60. The van der Waals surface area contributed by atoms with Gasteiger partial charge in [0.05, 0.1) is 29.4 Å². The molecule has 4 aromatic heterocycles. The summed E-state index contributed by atoms with van der Waals surface area (Å²) >= 11 is 0. The number of rotatable bonds is 8. The molecule has 0 fully saturated rings. The molecule has 0 unspecified atom stereocenters. The molecule has 47 heavy (non-hydrogen) atoms. The summed E-state index contributed by atoms with van der Waals surface area (Å²) in [5.74, 6) is -0.367. The molecule has 0 bridgehead atoms. The van der Waals surface area contributed by atoms with Crippen LogP contribution in [-0.2, 0) is 33.6 Å². The fraction of sp³-hybridized carbons (Fsp3) is 0.167. The Hall–Kier alpha value is -6.10. The average molecular weight is 625 g/mol. The highest BCUT2D eigenvalue weighted by atomic mass is 16.2. The number of carbonyl (C=O) groups excluding carboxylic acids is 1. The third-order valence-corrected chi connectivity index (χ3v) is 8.59. The van der Waals surface area contributed by atoms with Crippen molar-refractivity contribution in [2.45, 2.75) is 26.4 Å². The summed E-state index contributed by atoms with van der Waals surface area (Å²) < 4.78 is 6.33. The van der Waals surface area contributed by atoms with Gasteiger partial charge in [-0.2, -0.15) is 0 Å². The van der Waals surface area contributed by atoms with E-state index >= 15 is 0 Å². The van der Waals surface area contributed by atoms with Crippen molar-refractivity contribution in [3.63, 3.8) is 0 Å². The number of pyridine rings is 1. The standard InChI is InChI=1S/C36H32N8O3/c1-4-27-28(20-37-33-32(27)35(46)42(3)36(47)41(33)2)34(45)38-19-25-15-9-11-17-30(25)44-22-26(39-40-44)21-43-29-16-10-8-14-24(29)18-31(43)23-12-6-5-7-13-23/h5-18,20,22H,4,19,21H2,1-3H3,(H,38,45). The second kappa shape index (κ2) is 12.0. The topological polar surface area (TPSA) is 122 Å². The van der Waals surface area contributed by atoms with Gasteiger partial charge in [0.15, 0.2) is 0 Å². The van der Waals surface area contributed by atoms with Gasteiger partial charge in [0, 0.05) is 43.4 Å². The lowest BCUT2D eigenvalue weighted by Crippen LogP contribution is -2.38. The van der Waals surface area contributed by atoms with Gasteiger partial charge in [-0.15, -0.1) is 5.10 Å². The van der Waals surface area contributed by atoms with Gasteiger partial charge in [-0.25, -0.2) is 14.5 Å². The van der Waals surface area contributed by atoms with Crippen molar-refractivity contribution in [3.05, 3.63) is 141 Å². The molecule has 1 amide bonds. The van der Waals surface area contributed by atoms with E-state index in [-0.39, 0.29) is 23.5 Å². The maximum absolute atomic E-state index is 13.5. The van der Waals surface area contributed by atoms with Crippen LogP contribution in [0.15, 0.2) is 107 Å². The van der Waals surface area contributed by atoms with Crippen LogP contribution in [0.1, 0.15) is 34.1 Å². The number of nitrogens with one attached hydrogen (secondary N) is 1. The molecule has 0 spiro atoms. The summed E-state index contributed by atoms with van der Waals surface area (Å²) in [5, 5.41) is 13.4. The highest BCUT2D eigenvalue weighted by Gasteiger charge is 2.20. The number of para-hydroxylation sites is 2. The molecule has 0 saturated heterocycles. The fourth-order valence-corrected chi connectivity index (χ4v) is 6.18. The minimum absolute atomic E-state index is 0.205. The molecule has 3 aromatic carbocycles. The van der Waals surface area contributed by atoms with E-state index in [2.05, 4.69) is 55.5 Å². The molecule has 234 valence electrons. The average Bonchev–Trinajstić information content (AvgIpc) is 3.73. The van der Waals surface area contributed by atoms with Crippen LogP contribution in [0.3, 0.4) is 0 Å². The summed E-state index contributed by atoms with van der Waals surface area (Å²) in [6.07, 6.45) is 3.75. The Morgan fingerprint density at radius 3 is 2.45 bits per heavy atom. The van der Waals surface area contributed by atoms with Crippen LogP contribution in [0, 0.1) is 0 Å². The molecule has 0 radical (unpaired) electrons. The van der Waals surface area contributed by atoms with E-state index in [9.17, 15) is 14.4 Å². The third-order valence-electron chi connectivity index (χ3n) is 8.59. The maximum atomic E-state index is 13.5. The van der Waals surface area contributed by atoms with Gasteiger partial charge in [-0.3, -0.25) is 18.7 Å². The Morgan fingerprint density at radius 1 is 0.894 bits per heavy atom. The number of aryl methyl sites for hydroxylation is 2. The minimum atomic E-state index is -0.474. The summed E-state index contributed by atoms with van der Waals surface area (Å²) in [7, 11) is 2.98. The quantitative estimate of drug-likeness (QED) is 0.268. The van der Waals surface area contributed by atoms with E-state index < -0.39 is 11.2 Å². The van der Waals surface area contributed by atoms with E-state index in [0.717, 1.165) is 43.7 Å². The first-order chi connectivity index (χ1) is 22.9. The Balaban J connectivity index is 1.16. The minimum Gasteiger partial charge on any atom is -0.348 e. The first kappa shape index (κ1) is 29.6. The van der Waals surface area contributed by atoms with Gasteiger partial charge in [0.25, 0.3) is 11.5 Å². The zero-order valence-electron chi connectivity index (χ0n) is 26.2. The normalized spacial score (nSPS) is 11.4. The van der Waals surface area contributed by atoms with E-state index in [0.29, 0.717) is 24.1 Å². The predicted molar refractivity (Wildman–Crippen MR) is 181 cm³/mol. The molecule has 1 N–H and O–H groups in total. The maximum Gasteiger partial charge on any atom is 0.332 e. The van der Waals surface area contributed by atoms with Crippen molar-refractivity contribution in [2.75, 3.05) is 0 Å². The zero-order chi connectivity index (χ0) is 32.7. The largest absolute Gasteiger partial charge is 0.348 e. The second-order valence-corrected chi connectivity index (χ2v) is 11.4. The van der Waals surface area contributed by atoms with Gasteiger partial charge in [0.2, 0.25) is 0 Å². The molecule has 7 aromatic rings. The molecular weight excluding hydrogens is 592 g/mol. The molecule has 0 aliphatic rings. The lowest BCUT2D eigenvalue weighted by Gasteiger charge is -2.14. The van der Waals surface area contributed by atoms with Crippen LogP contribution in [0.2, 0.25) is 0 Å². The van der Waals surface area contributed by atoms with Crippen molar-refractivity contribution < 1.29 is 4.79 Å². The Labute approximate surface area is 269 Å². The molecule has 7 rings (SSSR count). The number of carbonyl (C=O) groups is 1. The number of nitrogens with zero attached hydrogens (tertiary/aromatic N) is 7. The van der Waals surface area contributed by atoms with E-state index in [1.165, 1.54) is 17.8 Å². The smallest absolute Gasteiger partial charge is 0.332 e. The summed E-state index contributed by atoms with van der Waals surface area (Å²) in [6, 6.07) is 28.4. The van der Waals surface area contributed by atoms with Crippen LogP contribution >= 0.6 is 0 Å². The lowest BCUT2D eigenvalue weighted by atomic mass is 10.0. The Bertz CT molecular complexity index is 2420. The highest BCUT2D eigenvalue weighted by Crippen LogP contribution is 2.29. The van der Waals surface area contributed by atoms with Gasteiger partial charge < -0.3 is 9.88 Å². The predicted octanol–water partition coefficient (Wildman–Crippen LogP) is 4.38. The number of hydrogen-bond donors (Lipinski definition) is 1. The van der Waals surface area contributed by atoms with Crippen LogP contribution < -0.4 is 16.6 Å². The van der Waals surface area contributed by atoms with Crippen LogP contribution in [0.5, 0.6) is 0 Å². The molecule has 11 nitrogen and oxygen atoms in total. The Kier molecular flexibility index (Phi) is 7.56. The second-order valence-electron chi connectivity index (χ2n) is 11.4. The van der Waals surface area contributed by atoms with Gasteiger partial charge in [0.1, 0.15) is 11.3 Å². The first-order valence-corrected chi connectivity index (χ1v) is 15.3. The SMILES string of the molecule is CCc1c(C(=O)NCc2ccccc2-n2cc(Cn3c(-c4ccccc4)cc4ccccc43)nn2)cnc2c1c(=O)n(C)c(=O)n2C. The molecule has 0 aliphatic heterocycles. The van der Waals surface area contributed by atoms with Crippen molar-refractivity contribution >= 4 is 27.8 Å². The number of benzene rings is 3. The monoisotopic (exact) mass is 624 g/mol. The van der Waals surface area contributed by atoms with E-state index in [1.54, 1.807) is 11.7 Å². The number of hydrogen-bond acceptors (Lipinski definition) is 6. The lowest BCUT2D eigenvalue weighted by molar-refractivity contribution is 0.0950. The molecule has 0 aliphatic carbocycles. The first-order valence-electron chi connectivity index (χ1n) is 15.3. The molecule has 4 heterocycles. The van der Waals surface area contributed by atoms with Crippen molar-refractivity contribution in [2.24, 2.45) is 14.1 Å². The number of amides is 1. The Morgan fingerprint density at radius 2 is 1.64 bits per heavy atom. The van der Waals surface area contributed by atoms with Crippen molar-refractivity contribution in [3.8, 4) is 16.9 Å². The molecule has 11 heteroatoms. The summed E-state index contributed by atoms with van der Waals surface area (Å²) in [4.78, 5) is 43.3. The molecular formula is C36H32N8O3. The fourth-order valence-electron chi connectivity index (χ4n) is 6.18. The van der Waals surface area contributed by atoms with Crippen LogP contribution in [-0.4, -0.2) is 39.6 Å². The third kappa shape index (κ3) is 5.21. The molecule has 0 saturated carbocycles. The zero-order valence-corrected chi connectivity index (χ0v) is 26.2.